The highest BCUT2D eigenvalue weighted by Gasteiger charge is 2.21. The molecule has 4 nitrogen and oxygen atoms in total. The third kappa shape index (κ3) is 3.28. The molecule has 0 saturated heterocycles. The molecule has 0 amide bonds. The molecular weight excluding hydrogens is 451 g/mol. The maximum Gasteiger partial charge on any atom is 0.189 e. The highest BCUT2D eigenvalue weighted by atomic mass is 79.9. The van der Waals surface area contributed by atoms with Crippen molar-refractivity contribution in [3.63, 3.8) is 0 Å². The minimum Gasteiger partial charge on any atom is -0.331 e. The standard InChI is InChI=1S/C22H14BrFN4S/c23-13-6-9-18-16(10-13)21(15-2-1-3-17(15)26-18)28-22-27-20(19(11-25)29-22)12-4-7-14(24)8-5-12/h4-10H,1-3H2,(H,26,27,28). The molecule has 1 aliphatic carbocycles. The molecule has 7 heteroatoms. The van der Waals surface area contributed by atoms with Crippen molar-refractivity contribution in [3.05, 3.63) is 68.9 Å². The monoisotopic (exact) mass is 464 g/mol. The molecule has 1 aliphatic rings. The van der Waals surface area contributed by atoms with Crippen LogP contribution in [-0.4, -0.2) is 9.97 Å². The summed E-state index contributed by atoms with van der Waals surface area (Å²) in [6, 6.07) is 14.3. The van der Waals surface area contributed by atoms with Gasteiger partial charge in [0.15, 0.2) is 5.13 Å². The molecule has 0 aliphatic heterocycles. The van der Waals surface area contributed by atoms with Crippen molar-refractivity contribution < 1.29 is 4.39 Å². The number of anilines is 2. The summed E-state index contributed by atoms with van der Waals surface area (Å²) in [4.78, 5) is 9.99. The predicted octanol–water partition coefficient (Wildman–Crippen LogP) is 6.36. The number of aromatic nitrogens is 2. The predicted molar refractivity (Wildman–Crippen MR) is 117 cm³/mol. The average molecular weight is 465 g/mol. The summed E-state index contributed by atoms with van der Waals surface area (Å²) in [5.41, 5.74) is 5.57. The van der Waals surface area contributed by atoms with Crippen molar-refractivity contribution in [1.82, 2.24) is 9.97 Å². The number of nitriles is 1. The third-order valence-electron chi connectivity index (χ3n) is 5.05. The fourth-order valence-electron chi connectivity index (χ4n) is 3.74. The molecule has 0 saturated carbocycles. The number of fused-ring (bicyclic) bond motifs is 2. The summed E-state index contributed by atoms with van der Waals surface area (Å²) in [5.74, 6) is -0.315. The highest BCUT2D eigenvalue weighted by molar-refractivity contribution is 9.10. The van der Waals surface area contributed by atoms with Crippen molar-refractivity contribution in [2.24, 2.45) is 0 Å². The van der Waals surface area contributed by atoms with Crippen LogP contribution in [0.4, 0.5) is 15.2 Å². The van der Waals surface area contributed by atoms with Gasteiger partial charge in [-0.3, -0.25) is 4.98 Å². The van der Waals surface area contributed by atoms with Gasteiger partial charge in [0.25, 0.3) is 0 Å². The van der Waals surface area contributed by atoms with Gasteiger partial charge in [-0.05, 0) is 67.3 Å². The van der Waals surface area contributed by atoms with Crippen LogP contribution in [-0.2, 0) is 12.8 Å². The van der Waals surface area contributed by atoms with Gasteiger partial charge in [-0.25, -0.2) is 9.37 Å². The summed E-state index contributed by atoms with van der Waals surface area (Å²) in [6.07, 6.45) is 3.02. The van der Waals surface area contributed by atoms with E-state index in [4.69, 9.17) is 4.98 Å². The van der Waals surface area contributed by atoms with E-state index in [-0.39, 0.29) is 5.82 Å². The van der Waals surface area contributed by atoms with Gasteiger partial charge in [0, 0.05) is 21.1 Å². The summed E-state index contributed by atoms with van der Waals surface area (Å²) in [6.45, 7) is 0. The van der Waals surface area contributed by atoms with E-state index in [0.29, 0.717) is 15.7 Å². The first-order valence-electron chi connectivity index (χ1n) is 9.17. The van der Waals surface area contributed by atoms with E-state index >= 15 is 0 Å². The maximum absolute atomic E-state index is 13.3. The van der Waals surface area contributed by atoms with Gasteiger partial charge >= 0.3 is 0 Å². The Balaban J connectivity index is 1.63. The zero-order valence-electron chi connectivity index (χ0n) is 15.2. The fraction of sp³-hybridized carbons (Fsp3) is 0.136. The van der Waals surface area contributed by atoms with Crippen molar-refractivity contribution in [1.29, 1.82) is 5.26 Å². The van der Waals surface area contributed by atoms with E-state index in [9.17, 15) is 9.65 Å². The molecule has 0 bridgehead atoms. The smallest absolute Gasteiger partial charge is 0.189 e. The van der Waals surface area contributed by atoms with E-state index < -0.39 is 0 Å². The van der Waals surface area contributed by atoms with Gasteiger partial charge in [0.05, 0.1) is 11.2 Å². The normalized spacial score (nSPS) is 12.7. The molecule has 0 unspecified atom stereocenters. The van der Waals surface area contributed by atoms with Gasteiger partial charge in [0.2, 0.25) is 0 Å². The minimum absolute atomic E-state index is 0.315. The van der Waals surface area contributed by atoms with Crippen molar-refractivity contribution in [2.45, 2.75) is 19.3 Å². The fourth-order valence-corrected chi connectivity index (χ4v) is 4.89. The highest BCUT2D eigenvalue weighted by Crippen LogP contribution is 2.39. The lowest BCUT2D eigenvalue weighted by atomic mass is 10.1. The number of rotatable bonds is 3. The second kappa shape index (κ2) is 7.21. The zero-order chi connectivity index (χ0) is 20.0. The molecule has 2 aromatic carbocycles. The lowest BCUT2D eigenvalue weighted by Crippen LogP contribution is -2.00. The minimum atomic E-state index is -0.315. The number of aryl methyl sites for hydroxylation is 1. The first kappa shape index (κ1) is 18.2. The Morgan fingerprint density at radius 3 is 2.72 bits per heavy atom. The van der Waals surface area contributed by atoms with Crippen molar-refractivity contribution in [3.8, 4) is 17.3 Å². The molecular formula is C22H14BrFN4S. The summed E-state index contributed by atoms with van der Waals surface area (Å²) < 4.78 is 14.3. The Morgan fingerprint density at radius 1 is 1.10 bits per heavy atom. The van der Waals surface area contributed by atoms with Crippen LogP contribution in [0.15, 0.2) is 46.9 Å². The molecule has 0 fully saturated rings. The lowest BCUT2D eigenvalue weighted by Gasteiger charge is -2.13. The van der Waals surface area contributed by atoms with Crippen molar-refractivity contribution >= 4 is 49.0 Å². The number of pyridine rings is 1. The van der Waals surface area contributed by atoms with Crippen LogP contribution in [0.25, 0.3) is 22.2 Å². The molecule has 0 radical (unpaired) electrons. The number of hydrogen-bond acceptors (Lipinski definition) is 5. The van der Waals surface area contributed by atoms with E-state index in [1.54, 1.807) is 12.1 Å². The molecule has 29 heavy (non-hydrogen) atoms. The summed E-state index contributed by atoms with van der Waals surface area (Å²) in [7, 11) is 0. The maximum atomic E-state index is 13.3. The third-order valence-corrected chi connectivity index (χ3v) is 6.42. The molecule has 2 aromatic heterocycles. The van der Waals surface area contributed by atoms with Gasteiger partial charge in [-0.2, -0.15) is 5.26 Å². The molecule has 0 atom stereocenters. The number of thiazole rings is 1. The van der Waals surface area contributed by atoms with E-state index in [0.717, 1.165) is 51.6 Å². The van der Waals surface area contributed by atoms with Crippen LogP contribution in [0, 0.1) is 17.1 Å². The first-order valence-corrected chi connectivity index (χ1v) is 10.8. The number of nitrogens with one attached hydrogen (secondary N) is 1. The molecule has 1 N–H and O–H groups in total. The van der Waals surface area contributed by atoms with Crippen LogP contribution >= 0.6 is 27.3 Å². The topological polar surface area (TPSA) is 61.6 Å². The van der Waals surface area contributed by atoms with Crippen LogP contribution in [0.3, 0.4) is 0 Å². The second-order valence-electron chi connectivity index (χ2n) is 6.87. The Bertz CT molecular complexity index is 1290. The Labute approximate surface area is 179 Å². The van der Waals surface area contributed by atoms with Crippen LogP contribution < -0.4 is 5.32 Å². The Morgan fingerprint density at radius 2 is 1.93 bits per heavy atom. The van der Waals surface area contributed by atoms with E-state index in [1.165, 1.54) is 29.0 Å². The lowest BCUT2D eigenvalue weighted by molar-refractivity contribution is 0.628. The number of nitrogens with zero attached hydrogens (tertiary/aromatic N) is 3. The largest absolute Gasteiger partial charge is 0.331 e. The van der Waals surface area contributed by atoms with Crippen LogP contribution in [0.5, 0.6) is 0 Å². The summed E-state index contributed by atoms with van der Waals surface area (Å²) >= 11 is 4.86. The van der Waals surface area contributed by atoms with Crippen LogP contribution in [0.1, 0.15) is 22.6 Å². The number of hydrogen-bond donors (Lipinski definition) is 1. The number of benzene rings is 2. The first-order chi connectivity index (χ1) is 14.1. The van der Waals surface area contributed by atoms with E-state index in [2.05, 4.69) is 38.4 Å². The zero-order valence-corrected chi connectivity index (χ0v) is 17.6. The summed E-state index contributed by atoms with van der Waals surface area (Å²) in [5, 5.41) is 14.7. The molecule has 142 valence electrons. The SMILES string of the molecule is N#Cc1sc(Nc2c3c(nc4ccc(Br)cc24)CCC3)nc1-c1ccc(F)cc1. The van der Waals surface area contributed by atoms with Gasteiger partial charge in [0.1, 0.15) is 22.5 Å². The van der Waals surface area contributed by atoms with Gasteiger partial charge in [-0.1, -0.05) is 27.3 Å². The van der Waals surface area contributed by atoms with E-state index in [1.807, 2.05) is 12.1 Å². The molecule has 5 rings (SSSR count). The molecule has 4 aromatic rings. The van der Waals surface area contributed by atoms with Crippen LogP contribution in [0.2, 0.25) is 0 Å². The average Bonchev–Trinajstić information content (AvgIpc) is 3.35. The van der Waals surface area contributed by atoms with Gasteiger partial charge < -0.3 is 5.32 Å². The second-order valence-corrected chi connectivity index (χ2v) is 8.78. The quantitative estimate of drug-likeness (QED) is 0.382. The van der Waals surface area contributed by atoms with Gasteiger partial charge in [-0.15, -0.1) is 0 Å². The molecule has 2 heterocycles. The van der Waals surface area contributed by atoms with Crippen molar-refractivity contribution in [2.75, 3.05) is 5.32 Å². The Kier molecular flexibility index (Phi) is 4.53. The molecule has 0 spiro atoms. The number of halogens is 2. The Hall–Kier alpha value is -2.82.